The molecule has 0 radical (unpaired) electrons. The highest BCUT2D eigenvalue weighted by Gasteiger charge is 2.37. The van der Waals surface area contributed by atoms with Crippen molar-refractivity contribution in [2.24, 2.45) is 9.98 Å². The largest absolute Gasteiger partial charge is 0.490 e. The number of benzene rings is 6. The lowest BCUT2D eigenvalue weighted by Crippen LogP contribution is -2.46. The Hall–Kier alpha value is -6.68. The van der Waals surface area contributed by atoms with Crippen LogP contribution >= 0.6 is 0 Å². The van der Waals surface area contributed by atoms with Crippen molar-refractivity contribution in [1.29, 1.82) is 0 Å². The van der Waals surface area contributed by atoms with E-state index in [9.17, 15) is 0 Å². The normalized spacial score (nSPS) is 18.2. The zero-order valence-corrected chi connectivity index (χ0v) is 30.6. The first-order valence-corrected chi connectivity index (χ1v) is 18.7. The van der Waals surface area contributed by atoms with Gasteiger partial charge < -0.3 is 19.3 Å². The van der Waals surface area contributed by atoms with Gasteiger partial charge >= 0.3 is 0 Å². The molecule has 8 rings (SSSR count). The van der Waals surface area contributed by atoms with E-state index in [0.717, 1.165) is 64.1 Å². The first kappa shape index (κ1) is 35.4. The van der Waals surface area contributed by atoms with Crippen LogP contribution in [0.2, 0.25) is 0 Å². The van der Waals surface area contributed by atoms with Gasteiger partial charge in [-0.25, -0.2) is 9.98 Å². The van der Waals surface area contributed by atoms with Gasteiger partial charge in [0.2, 0.25) is 0 Å². The van der Waals surface area contributed by atoms with Crippen LogP contribution in [0.25, 0.3) is 6.08 Å². The van der Waals surface area contributed by atoms with Crippen molar-refractivity contribution in [2.45, 2.75) is 37.6 Å². The average Bonchev–Trinajstić information content (AvgIpc) is 3.23. The van der Waals surface area contributed by atoms with Gasteiger partial charge in [-0.1, -0.05) is 122 Å². The van der Waals surface area contributed by atoms with E-state index in [0.29, 0.717) is 6.61 Å². The molecule has 2 aliphatic rings. The molecule has 2 saturated heterocycles. The molecule has 3 unspecified atom stereocenters. The summed E-state index contributed by atoms with van der Waals surface area (Å²) in [4.78, 5) is 14.6. The van der Waals surface area contributed by atoms with E-state index in [1.807, 2.05) is 84.9 Å². The predicted octanol–water partition coefficient (Wildman–Crippen LogP) is 11.3. The highest BCUT2D eigenvalue weighted by Crippen LogP contribution is 2.42. The number of nitrogens with zero attached hydrogens (tertiary/aromatic N) is 4. The molecule has 6 aromatic carbocycles. The Morgan fingerprint density at radius 1 is 0.636 bits per heavy atom. The number of rotatable bonds is 13. The second kappa shape index (κ2) is 16.6. The van der Waals surface area contributed by atoms with Crippen molar-refractivity contribution in [1.82, 2.24) is 0 Å². The lowest BCUT2D eigenvalue weighted by molar-refractivity contribution is 0.0452. The summed E-state index contributed by atoms with van der Waals surface area (Å²) in [6, 6.07) is 56.4. The minimum Gasteiger partial charge on any atom is -0.490 e. The smallest absolute Gasteiger partial charge is 0.152 e. The number of para-hydroxylation sites is 2. The van der Waals surface area contributed by atoms with Gasteiger partial charge in [-0.15, -0.1) is 6.42 Å². The molecule has 6 nitrogen and oxygen atoms in total. The topological polar surface area (TPSA) is 49.7 Å². The maximum Gasteiger partial charge on any atom is 0.152 e. The first-order valence-electron chi connectivity index (χ1n) is 18.7. The van der Waals surface area contributed by atoms with E-state index in [2.05, 4.69) is 107 Å². The molecule has 270 valence electrons. The number of hydrogen-bond donors (Lipinski definition) is 0. The molecule has 0 spiro atoms. The van der Waals surface area contributed by atoms with Gasteiger partial charge in [0.15, 0.2) is 6.10 Å². The standard InChI is InChI=1S/C49H42N4O2/c1-3-36-22-26-41(27-23-36)51-49-32-46(38-14-8-5-9-15-38)53(49)43-28-30-45(31-29-43)55-35-44(4-2)54-34-37-20-24-39(25-21-37)47-33-48(50-40-16-10-6-11-17-40)52(47)42-18-12-7-13-19-42/h2-3,5-31,44,46-47H,1,32-35H2/b50-48+,51-49+. The van der Waals surface area contributed by atoms with Gasteiger partial charge in [-0.05, 0) is 82.9 Å². The van der Waals surface area contributed by atoms with E-state index >= 15 is 0 Å². The second-order valence-electron chi connectivity index (χ2n) is 13.6. The summed E-state index contributed by atoms with van der Waals surface area (Å²) < 4.78 is 12.3. The van der Waals surface area contributed by atoms with Crippen LogP contribution in [-0.2, 0) is 11.3 Å². The van der Waals surface area contributed by atoms with E-state index in [1.165, 1.54) is 11.1 Å². The van der Waals surface area contributed by atoms with Crippen LogP contribution in [0.1, 0.15) is 47.2 Å². The van der Waals surface area contributed by atoms with Crippen molar-refractivity contribution in [2.75, 3.05) is 16.4 Å². The van der Waals surface area contributed by atoms with Crippen LogP contribution in [-0.4, -0.2) is 24.4 Å². The van der Waals surface area contributed by atoms with Crippen LogP contribution in [0.3, 0.4) is 0 Å². The summed E-state index contributed by atoms with van der Waals surface area (Å²) in [6.07, 6.45) is 8.94. The van der Waals surface area contributed by atoms with Crippen LogP contribution in [0.5, 0.6) is 5.75 Å². The van der Waals surface area contributed by atoms with Crippen molar-refractivity contribution in [3.63, 3.8) is 0 Å². The molecule has 2 fully saturated rings. The van der Waals surface area contributed by atoms with Crippen LogP contribution in [0.4, 0.5) is 22.7 Å². The van der Waals surface area contributed by atoms with Crippen LogP contribution < -0.4 is 14.5 Å². The summed E-state index contributed by atoms with van der Waals surface area (Å²) in [5.41, 5.74) is 8.68. The van der Waals surface area contributed by atoms with Gasteiger partial charge in [-0.2, -0.15) is 0 Å². The minimum atomic E-state index is -0.500. The van der Waals surface area contributed by atoms with Gasteiger partial charge in [0.1, 0.15) is 24.0 Å². The fraction of sp³-hybridized carbons (Fsp3) is 0.143. The summed E-state index contributed by atoms with van der Waals surface area (Å²) in [6.45, 7) is 4.49. The van der Waals surface area contributed by atoms with E-state index in [4.69, 9.17) is 25.9 Å². The maximum absolute atomic E-state index is 6.13. The molecular weight excluding hydrogens is 677 g/mol. The number of aliphatic imine (C=N–C) groups is 2. The van der Waals surface area contributed by atoms with Crippen molar-refractivity contribution >= 4 is 40.5 Å². The molecule has 0 amide bonds. The Bertz CT molecular complexity index is 2300. The highest BCUT2D eigenvalue weighted by atomic mass is 16.5. The monoisotopic (exact) mass is 718 g/mol. The first-order chi connectivity index (χ1) is 27.1. The predicted molar refractivity (Wildman–Crippen MR) is 226 cm³/mol. The van der Waals surface area contributed by atoms with E-state index in [1.54, 1.807) is 0 Å². The third-order valence-electron chi connectivity index (χ3n) is 10.1. The molecule has 6 aromatic rings. The molecule has 0 saturated carbocycles. The van der Waals surface area contributed by atoms with E-state index in [-0.39, 0.29) is 18.7 Å². The Kier molecular flexibility index (Phi) is 10.6. The molecule has 0 aromatic heterocycles. The molecule has 3 atom stereocenters. The molecule has 0 N–H and O–H groups in total. The Morgan fingerprint density at radius 3 is 1.75 bits per heavy atom. The highest BCUT2D eigenvalue weighted by molar-refractivity contribution is 6.07. The summed E-state index contributed by atoms with van der Waals surface area (Å²) in [5, 5.41) is 0. The van der Waals surface area contributed by atoms with Crippen molar-refractivity contribution in [3.05, 3.63) is 193 Å². The van der Waals surface area contributed by atoms with Gasteiger partial charge in [0.05, 0.1) is 30.1 Å². The number of terminal acetylenes is 1. The quantitative estimate of drug-likeness (QED) is 0.112. The molecule has 0 aliphatic carbocycles. The summed E-state index contributed by atoms with van der Waals surface area (Å²) in [7, 11) is 0. The lowest BCUT2D eigenvalue weighted by Gasteiger charge is -2.44. The SMILES string of the molecule is C#CC(COc1ccc(N2/C(=N/c3ccc(C=C)cc3)CC2c2ccccc2)cc1)OCc1ccc(C2C/C(=N\c3ccccc3)N2c2ccccc2)cc1. The summed E-state index contributed by atoms with van der Waals surface area (Å²) in [5.74, 6) is 5.56. The second-order valence-corrected chi connectivity index (χ2v) is 13.6. The van der Waals surface area contributed by atoms with Gasteiger partial charge in [0, 0.05) is 24.2 Å². The molecule has 2 heterocycles. The third-order valence-corrected chi connectivity index (χ3v) is 10.1. The maximum atomic E-state index is 6.13. The third kappa shape index (κ3) is 8.13. The van der Waals surface area contributed by atoms with Crippen LogP contribution in [0, 0.1) is 12.3 Å². The zero-order chi connectivity index (χ0) is 37.4. The van der Waals surface area contributed by atoms with Crippen molar-refractivity contribution in [3.8, 4) is 18.1 Å². The minimum absolute atomic E-state index is 0.204. The molecule has 0 bridgehead atoms. The molecule has 6 heteroatoms. The lowest BCUT2D eigenvalue weighted by atomic mass is 9.91. The Morgan fingerprint density at radius 2 is 1.16 bits per heavy atom. The van der Waals surface area contributed by atoms with Gasteiger partial charge in [0.25, 0.3) is 0 Å². The fourth-order valence-electron chi connectivity index (χ4n) is 7.05. The number of amidine groups is 2. The molecule has 55 heavy (non-hydrogen) atoms. The number of ether oxygens (including phenoxy) is 2. The Balaban J connectivity index is 0.881. The zero-order valence-electron chi connectivity index (χ0n) is 30.6. The van der Waals surface area contributed by atoms with E-state index < -0.39 is 6.10 Å². The average molecular weight is 719 g/mol. The Labute approximate surface area is 323 Å². The number of anilines is 2. The molecular formula is C49H42N4O2. The van der Waals surface area contributed by atoms with Gasteiger partial charge in [-0.3, -0.25) is 0 Å². The van der Waals surface area contributed by atoms with Crippen molar-refractivity contribution < 1.29 is 9.47 Å². The summed E-state index contributed by atoms with van der Waals surface area (Å²) >= 11 is 0. The molecule has 2 aliphatic heterocycles. The number of hydrogen-bond acceptors (Lipinski definition) is 4. The fourth-order valence-corrected chi connectivity index (χ4v) is 7.05. The van der Waals surface area contributed by atoms with Crippen LogP contribution in [0.15, 0.2) is 180 Å².